The second-order valence-electron chi connectivity index (χ2n) is 7.68. The van der Waals surface area contributed by atoms with Gasteiger partial charge in [-0.05, 0) is 69.2 Å². The number of ether oxygens (including phenoxy) is 2. The number of piperidine rings is 1. The van der Waals surface area contributed by atoms with Gasteiger partial charge in [-0.3, -0.25) is 9.59 Å². The lowest BCUT2D eigenvalue weighted by atomic mass is 9.73. The number of nitrogens with zero attached hydrogens (tertiary/aromatic N) is 1. The molecule has 2 aliphatic rings. The molecule has 29 heavy (non-hydrogen) atoms. The Morgan fingerprint density at radius 3 is 2.59 bits per heavy atom. The van der Waals surface area contributed by atoms with E-state index >= 15 is 0 Å². The normalized spacial score (nSPS) is 17.8. The number of likely N-dealkylation sites (tertiary alicyclic amines) is 1. The molecule has 2 aromatic rings. The van der Waals surface area contributed by atoms with E-state index in [2.05, 4.69) is 4.90 Å². The summed E-state index contributed by atoms with van der Waals surface area (Å²) in [6.07, 6.45) is 2.54. The number of Topliss-reactive ketones (excluding diaryl/α,β-unsaturated/α-hetero) is 1. The number of carbonyl (C=O) groups excluding carboxylic acids is 2. The van der Waals surface area contributed by atoms with Crippen molar-refractivity contribution in [3.8, 4) is 11.5 Å². The van der Waals surface area contributed by atoms with Gasteiger partial charge in [0.2, 0.25) is 0 Å². The van der Waals surface area contributed by atoms with Crippen LogP contribution in [-0.2, 0) is 10.2 Å². The number of halogens is 1. The summed E-state index contributed by atoms with van der Waals surface area (Å²) in [5, 5.41) is 0. The fraction of sp³-hybridized carbons (Fsp3) is 0.391. The van der Waals surface area contributed by atoms with E-state index in [9.17, 15) is 14.0 Å². The van der Waals surface area contributed by atoms with Crippen LogP contribution in [-0.4, -0.2) is 43.4 Å². The molecule has 1 spiro atoms. The lowest BCUT2D eigenvalue weighted by Gasteiger charge is -2.37. The van der Waals surface area contributed by atoms with Crippen LogP contribution in [0.2, 0.25) is 0 Å². The molecule has 152 valence electrons. The van der Waals surface area contributed by atoms with Crippen molar-refractivity contribution in [2.24, 2.45) is 0 Å². The Labute approximate surface area is 169 Å². The minimum absolute atomic E-state index is 0.0267. The number of rotatable bonds is 6. The molecule has 1 fully saturated rings. The minimum Gasteiger partial charge on any atom is -0.493 e. The van der Waals surface area contributed by atoms with Crippen LogP contribution in [0.1, 0.15) is 41.6 Å². The number of hydrogen-bond donors (Lipinski definition) is 0. The fourth-order valence-electron chi connectivity index (χ4n) is 4.33. The highest BCUT2D eigenvalue weighted by atomic mass is 19.1. The van der Waals surface area contributed by atoms with Crippen molar-refractivity contribution in [3.05, 3.63) is 59.4 Å². The molecule has 2 aliphatic heterocycles. The van der Waals surface area contributed by atoms with Gasteiger partial charge in [0, 0.05) is 17.5 Å². The van der Waals surface area contributed by atoms with Gasteiger partial charge in [-0.1, -0.05) is 12.1 Å². The molecule has 6 heteroatoms. The van der Waals surface area contributed by atoms with Crippen molar-refractivity contribution >= 4 is 11.8 Å². The topological polar surface area (TPSA) is 55.8 Å². The van der Waals surface area contributed by atoms with E-state index in [1.807, 2.05) is 12.1 Å². The van der Waals surface area contributed by atoms with E-state index in [4.69, 9.17) is 9.47 Å². The third-order valence-electron chi connectivity index (χ3n) is 6.05. The van der Waals surface area contributed by atoms with Gasteiger partial charge in [-0.15, -0.1) is 0 Å². The average molecular weight is 397 g/mol. The number of fused-ring (bicyclic) bond motifs is 2. The summed E-state index contributed by atoms with van der Waals surface area (Å²) >= 11 is 0. The molecule has 0 unspecified atom stereocenters. The number of carbonyl (C=O) groups is 2. The Morgan fingerprint density at radius 1 is 1.17 bits per heavy atom. The number of benzene rings is 2. The highest BCUT2D eigenvalue weighted by Crippen LogP contribution is 2.50. The molecule has 0 radical (unpaired) electrons. The van der Waals surface area contributed by atoms with Gasteiger partial charge in [0.1, 0.15) is 5.82 Å². The third-order valence-corrected chi connectivity index (χ3v) is 6.05. The molecule has 0 bridgehead atoms. The van der Waals surface area contributed by atoms with Crippen LogP contribution in [0.5, 0.6) is 11.5 Å². The first kappa shape index (κ1) is 19.6. The van der Waals surface area contributed by atoms with Crippen molar-refractivity contribution < 1.29 is 23.5 Å². The maximum atomic E-state index is 13.0. The van der Waals surface area contributed by atoms with Crippen molar-refractivity contribution in [3.63, 3.8) is 0 Å². The van der Waals surface area contributed by atoms with Crippen LogP contribution in [0.4, 0.5) is 4.39 Å². The predicted molar refractivity (Wildman–Crippen MR) is 106 cm³/mol. The number of hydrogen-bond acceptors (Lipinski definition) is 5. The summed E-state index contributed by atoms with van der Waals surface area (Å²) < 4.78 is 23.9. The molecule has 1 saturated heterocycles. The quantitative estimate of drug-likeness (QED) is 0.422. The molecule has 0 aliphatic carbocycles. The lowest BCUT2D eigenvalue weighted by Crippen LogP contribution is -2.46. The zero-order chi connectivity index (χ0) is 20.4. The van der Waals surface area contributed by atoms with Crippen molar-refractivity contribution in [2.45, 2.75) is 31.1 Å². The van der Waals surface area contributed by atoms with Crippen molar-refractivity contribution in [2.75, 3.05) is 26.7 Å². The monoisotopic (exact) mass is 397 g/mol. The van der Waals surface area contributed by atoms with Crippen LogP contribution in [0.25, 0.3) is 0 Å². The second-order valence-corrected chi connectivity index (χ2v) is 7.68. The van der Waals surface area contributed by atoms with Crippen LogP contribution in [0.3, 0.4) is 0 Å². The van der Waals surface area contributed by atoms with Crippen LogP contribution < -0.4 is 9.47 Å². The van der Waals surface area contributed by atoms with Gasteiger partial charge in [0.05, 0.1) is 12.5 Å². The van der Waals surface area contributed by atoms with E-state index in [0.29, 0.717) is 36.3 Å². The number of esters is 1. The summed E-state index contributed by atoms with van der Waals surface area (Å²) in [4.78, 5) is 27.2. The van der Waals surface area contributed by atoms with Gasteiger partial charge in [-0.2, -0.15) is 0 Å². The van der Waals surface area contributed by atoms with E-state index in [0.717, 1.165) is 31.6 Å². The first-order valence-corrected chi connectivity index (χ1v) is 9.94. The zero-order valence-electron chi connectivity index (χ0n) is 16.4. The fourth-order valence-corrected chi connectivity index (χ4v) is 4.33. The molecule has 0 saturated carbocycles. The summed E-state index contributed by atoms with van der Waals surface area (Å²) in [5.41, 5.74) is 0.876. The number of ketones is 1. The van der Waals surface area contributed by atoms with Crippen LogP contribution in [0, 0.1) is 5.82 Å². The molecule has 0 aromatic heterocycles. The molecular weight excluding hydrogens is 373 g/mol. The molecular formula is C23H24FNO4. The van der Waals surface area contributed by atoms with E-state index in [1.165, 1.54) is 24.3 Å². The van der Waals surface area contributed by atoms with Crippen LogP contribution >= 0.6 is 0 Å². The Hall–Kier alpha value is -2.73. The number of para-hydroxylation sites is 1. The van der Waals surface area contributed by atoms with Gasteiger partial charge >= 0.3 is 5.97 Å². The maximum Gasteiger partial charge on any atom is 0.322 e. The standard InChI is InChI=1S/C23H24FNO4/c1-28-20-6-2-4-18-21(20)29-22(27)23(18)11-14-25(15-12-23)13-3-5-19(26)16-7-9-17(24)10-8-16/h2,4,6-10H,3,5,11-15H2,1H3. The number of methoxy groups -OCH3 is 1. The van der Waals surface area contributed by atoms with E-state index < -0.39 is 5.41 Å². The summed E-state index contributed by atoms with van der Waals surface area (Å²) in [7, 11) is 1.57. The predicted octanol–water partition coefficient (Wildman–Crippen LogP) is 3.75. The van der Waals surface area contributed by atoms with Crippen molar-refractivity contribution in [1.29, 1.82) is 0 Å². The molecule has 0 atom stereocenters. The van der Waals surface area contributed by atoms with Crippen LogP contribution in [0.15, 0.2) is 42.5 Å². The molecule has 4 rings (SSSR count). The molecule has 2 heterocycles. The summed E-state index contributed by atoms with van der Waals surface area (Å²) in [6.45, 7) is 2.34. The highest BCUT2D eigenvalue weighted by molar-refractivity contribution is 5.96. The lowest BCUT2D eigenvalue weighted by molar-refractivity contribution is -0.140. The molecule has 0 amide bonds. The molecule has 0 N–H and O–H groups in total. The minimum atomic E-state index is -0.593. The first-order chi connectivity index (χ1) is 14.0. The van der Waals surface area contributed by atoms with Crippen molar-refractivity contribution in [1.82, 2.24) is 4.90 Å². The SMILES string of the molecule is COc1cccc2c1OC(=O)C21CCN(CCCC(=O)c2ccc(F)cc2)CC1. The van der Waals surface area contributed by atoms with Gasteiger partial charge in [-0.25, -0.2) is 4.39 Å². The Balaban J connectivity index is 1.33. The Kier molecular flexibility index (Phi) is 5.37. The highest BCUT2D eigenvalue weighted by Gasteiger charge is 2.51. The Morgan fingerprint density at radius 2 is 1.90 bits per heavy atom. The summed E-state index contributed by atoms with van der Waals surface area (Å²) in [5.74, 6) is 0.642. The first-order valence-electron chi connectivity index (χ1n) is 9.94. The zero-order valence-corrected chi connectivity index (χ0v) is 16.4. The second kappa shape index (κ2) is 7.95. The van der Waals surface area contributed by atoms with Gasteiger partial charge in [0.15, 0.2) is 17.3 Å². The third kappa shape index (κ3) is 3.65. The molecule has 2 aromatic carbocycles. The summed E-state index contributed by atoms with van der Waals surface area (Å²) in [6, 6.07) is 11.3. The van der Waals surface area contributed by atoms with Gasteiger partial charge < -0.3 is 14.4 Å². The molecule has 5 nitrogen and oxygen atoms in total. The maximum absolute atomic E-state index is 13.0. The van der Waals surface area contributed by atoms with E-state index in [1.54, 1.807) is 13.2 Å². The smallest absolute Gasteiger partial charge is 0.322 e. The van der Waals surface area contributed by atoms with Gasteiger partial charge in [0.25, 0.3) is 0 Å². The Bertz CT molecular complexity index is 917. The largest absolute Gasteiger partial charge is 0.493 e. The van der Waals surface area contributed by atoms with E-state index in [-0.39, 0.29) is 17.6 Å². The average Bonchev–Trinajstić information content (AvgIpc) is 3.01.